The summed E-state index contributed by atoms with van der Waals surface area (Å²) in [7, 11) is 0. The van der Waals surface area contributed by atoms with E-state index >= 15 is 0 Å². The predicted octanol–water partition coefficient (Wildman–Crippen LogP) is 3.89. The number of amides is 1. The van der Waals surface area contributed by atoms with E-state index < -0.39 is 0 Å². The summed E-state index contributed by atoms with van der Waals surface area (Å²) in [6.45, 7) is 2.54. The second-order valence-corrected chi connectivity index (χ2v) is 8.29. The van der Waals surface area contributed by atoms with E-state index in [9.17, 15) is 4.79 Å². The maximum atomic E-state index is 13.1. The van der Waals surface area contributed by atoms with E-state index in [1.54, 1.807) is 12.4 Å². The van der Waals surface area contributed by atoms with E-state index in [4.69, 9.17) is 9.51 Å². The predicted molar refractivity (Wildman–Crippen MR) is 108 cm³/mol. The van der Waals surface area contributed by atoms with Crippen molar-refractivity contribution in [1.29, 1.82) is 0 Å². The highest BCUT2D eigenvalue weighted by atomic mass is 16.5. The molecule has 2 heterocycles. The van der Waals surface area contributed by atoms with Crippen LogP contribution in [0.4, 0.5) is 0 Å². The van der Waals surface area contributed by atoms with Gasteiger partial charge in [0.2, 0.25) is 17.6 Å². The van der Waals surface area contributed by atoms with Crippen molar-refractivity contribution >= 4 is 5.91 Å². The van der Waals surface area contributed by atoms with Gasteiger partial charge in [-0.3, -0.25) is 9.78 Å². The number of pyridine rings is 1. The van der Waals surface area contributed by atoms with Crippen molar-refractivity contribution in [2.75, 3.05) is 0 Å². The number of nitrogens with one attached hydrogen (secondary N) is 1. The Morgan fingerprint density at radius 3 is 2.93 bits per heavy atom. The number of fused-ring (bicyclic) bond motifs is 2. The van der Waals surface area contributed by atoms with Gasteiger partial charge in [0.15, 0.2) is 0 Å². The number of benzene rings is 1. The Bertz CT molecular complexity index is 1020. The van der Waals surface area contributed by atoms with Crippen LogP contribution in [0.1, 0.15) is 42.2 Å². The molecule has 0 radical (unpaired) electrons. The summed E-state index contributed by atoms with van der Waals surface area (Å²) in [6.07, 6.45) is 6.82. The summed E-state index contributed by atoms with van der Waals surface area (Å²) in [5.74, 6) is 2.04. The first-order valence-electron chi connectivity index (χ1n) is 10.3. The number of aryl methyl sites for hydroxylation is 1. The molecule has 3 aromatic rings. The van der Waals surface area contributed by atoms with Gasteiger partial charge in [-0.2, -0.15) is 4.98 Å². The molecule has 5 rings (SSSR count). The van der Waals surface area contributed by atoms with E-state index in [1.165, 1.54) is 0 Å². The summed E-state index contributed by atoms with van der Waals surface area (Å²) in [6, 6.07) is 11.9. The highest BCUT2D eigenvalue weighted by Crippen LogP contribution is 2.56. The summed E-state index contributed by atoms with van der Waals surface area (Å²) in [5, 5.41) is 7.32. The Balaban J connectivity index is 1.36. The molecule has 29 heavy (non-hydrogen) atoms. The standard InChI is InChI=1S/C23H24N4O2/c1-14-4-2-6-18(10-14)21-26-23(29-27-21)20-17-8-7-16(11-17)19(20)22(28)25-13-15-5-3-9-24-12-15/h2-6,9-10,12,16-17,19-20H,7-8,11,13H2,1H3,(H,25,28)/t16-,17+,19-,20-/m0/s1. The van der Waals surface area contributed by atoms with Gasteiger partial charge in [0.25, 0.3) is 0 Å². The number of rotatable bonds is 5. The zero-order chi connectivity index (χ0) is 19.8. The maximum absolute atomic E-state index is 13.1. The summed E-state index contributed by atoms with van der Waals surface area (Å²) in [4.78, 5) is 21.9. The zero-order valence-corrected chi connectivity index (χ0v) is 16.4. The summed E-state index contributed by atoms with van der Waals surface area (Å²) >= 11 is 0. The van der Waals surface area contributed by atoms with Crippen LogP contribution < -0.4 is 5.32 Å². The minimum absolute atomic E-state index is 0.00806. The van der Waals surface area contributed by atoms with Crippen LogP contribution in [0, 0.1) is 24.7 Å². The quantitative estimate of drug-likeness (QED) is 0.717. The molecular weight excluding hydrogens is 364 g/mol. The van der Waals surface area contributed by atoms with Gasteiger partial charge in [0.05, 0.1) is 11.8 Å². The van der Waals surface area contributed by atoms with Crippen LogP contribution in [0.15, 0.2) is 53.3 Å². The van der Waals surface area contributed by atoms with E-state index in [0.29, 0.717) is 30.1 Å². The van der Waals surface area contributed by atoms with Crippen LogP contribution in [0.3, 0.4) is 0 Å². The minimum atomic E-state index is -0.101. The van der Waals surface area contributed by atoms with Crippen molar-refractivity contribution in [3.63, 3.8) is 0 Å². The number of nitrogens with zero attached hydrogens (tertiary/aromatic N) is 3. The Labute approximate surface area is 169 Å². The number of hydrogen-bond acceptors (Lipinski definition) is 5. The first kappa shape index (κ1) is 18.0. The SMILES string of the molecule is Cc1cccc(-c2noc([C@H]3[C@@H]4CC[C@@H](C4)[C@@H]3C(=O)NCc3cccnc3)n2)c1. The Hall–Kier alpha value is -3.02. The molecule has 6 nitrogen and oxygen atoms in total. The van der Waals surface area contributed by atoms with Crippen molar-refractivity contribution < 1.29 is 9.32 Å². The van der Waals surface area contributed by atoms with Crippen molar-refractivity contribution in [2.24, 2.45) is 17.8 Å². The van der Waals surface area contributed by atoms with E-state index in [2.05, 4.69) is 15.5 Å². The molecule has 0 spiro atoms. The van der Waals surface area contributed by atoms with Gasteiger partial charge >= 0.3 is 0 Å². The molecule has 1 aromatic carbocycles. The van der Waals surface area contributed by atoms with Crippen LogP contribution in [-0.2, 0) is 11.3 Å². The van der Waals surface area contributed by atoms with Gasteiger partial charge in [-0.25, -0.2) is 0 Å². The lowest BCUT2D eigenvalue weighted by Gasteiger charge is -2.27. The molecule has 1 amide bonds. The zero-order valence-electron chi connectivity index (χ0n) is 16.4. The normalized spacial score (nSPS) is 25.3. The molecule has 2 bridgehead atoms. The fourth-order valence-electron chi connectivity index (χ4n) is 5.11. The van der Waals surface area contributed by atoms with Gasteiger partial charge in [0.1, 0.15) is 0 Å². The molecule has 2 aromatic heterocycles. The van der Waals surface area contributed by atoms with E-state index in [0.717, 1.165) is 36.0 Å². The smallest absolute Gasteiger partial charge is 0.231 e. The minimum Gasteiger partial charge on any atom is -0.352 e. The van der Waals surface area contributed by atoms with Gasteiger partial charge in [-0.1, -0.05) is 35.0 Å². The topological polar surface area (TPSA) is 80.9 Å². The molecule has 1 N–H and O–H groups in total. The lowest BCUT2D eigenvalue weighted by molar-refractivity contribution is -0.127. The number of carbonyl (C=O) groups excluding carboxylic acids is 1. The first-order chi connectivity index (χ1) is 14.2. The molecule has 2 fully saturated rings. The van der Waals surface area contributed by atoms with Crippen LogP contribution in [-0.4, -0.2) is 21.0 Å². The maximum Gasteiger partial charge on any atom is 0.231 e. The van der Waals surface area contributed by atoms with Crippen molar-refractivity contribution in [2.45, 2.75) is 38.6 Å². The van der Waals surface area contributed by atoms with Gasteiger partial charge in [0, 0.05) is 24.5 Å². The molecule has 6 heteroatoms. The lowest BCUT2D eigenvalue weighted by Crippen LogP contribution is -2.37. The van der Waals surface area contributed by atoms with E-state index in [-0.39, 0.29) is 17.7 Å². The largest absolute Gasteiger partial charge is 0.352 e. The van der Waals surface area contributed by atoms with Gasteiger partial charge in [-0.05, 0) is 55.7 Å². The van der Waals surface area contributed by atoms with Crippen LogP contribution in [0.25, 0.3) is 11.4 Å². The highest BCUT2D eigenvalue weighted by Gasteiger charge is 2.53. The summed E-state index contributed by atoms with van der Waals surface area (Å²) in [5.41, 5.74) is 3.10. The van der Waals surface area contributed by atoms with Gasteiger partial charge in [-0.15, -0.1) is 0 Å². The molecule has 0 saturated heterocycles. The second kappa shape index (κ2) is 7.43. The molecule has 2 saturated carbocycles. The van der Waals surface area contributed by atoms with Crippen LogP contribution in [0.5, 0.6) is 0 Å². The van der Waals surface area contributed by atoms with Crippen LogP contribution >= 0.6 is 0 Å². The Morgan fingerprint density at radius 2 is 2.10 bits per heavy atom. The third kappa shape index (κ3) is 3.43. The Morgan fingerprint density at radius 1 is 1.21 bits per heavy atom. The molecular formula is C23H24N4O2. The molecule has 0 unspecified atom stereocenters. The molecule has 2 aliphatic carbocycles. The number of hydrogen-bond donors (Lipinski definition) is 1. The summed E-state index contributed by atoms with van der Waals surface area (Å²) < 4.78 is 5.69. The highest BCUT2D eigenvalue weighted by molar-refractivity contribution is 5.80. The fourth-order valence-corrected chi connectivity index (χ4v) is 5.11. The average molecular weight is 388 g/mol. The second-order valence-electron chi connectivity index (χ2n) is 8.29. The third-order valence-electron chi connectivity index (χ3n) is 6.41. The molecule has 0 aliphatic heterocycles. The van der Waals surface area contributed by atoms with Crippen LogP contribution in [0.2, 0.25) is 0 Å². The monoisotopic (exact) mass is 388 g/mol. The van der Waals surface area contributed by atoms with Crippen molar-refractivity contribution in [1.82, 2.24) is 20.4 Å². The molecule has 4 atom stereocenters. The molecule has 148 valence electrons. The van der Waals surface area contributed by atoms with E-state index in [1.807, 2.05) is 43.3 Å². The molecule has 2 aliphatic rings. The third-order valence-corrected chi connectivity index (χ3v) is 6.41. The lowest BCUT2D eigenvalue weighted by atomic mass is 9.78. The average Bonchev–Trinajstić information content (AvgIpc) is 3.48. The number of aromatic nitrogens is 3. The van der Waals surface area contributed by atoms with Crippen molar-refractivity contribution in [3.05, 3.63) is 65.8 Å². The first-order valence-corrected chi connectivity index (χ1v) is 10.3. The fraction of sp³-hybridized carbons (Fsp3) is 0.391. The van der Waals surface area contributed by atoms with Gasteiger partial charge < -0.3 is 9.84 Å². The van der Waals surface area contributed by atoms with Crippen molar-refractivity contribution in [3.8, 4) is 11.4 Å². The number of carbonyl (C=O) groups is 1. The Kier molecular flexibility index (Phi) is 4.62.